The van der Waals surface area contributed by atoms with Crippen molar-refractivity contribution in [2.24, 2.45) is 11.7 Å². The summed E-state index contributed by atoms with van der Waals surface area (Å²) in [6, 6.07) is 9.75. The van der Waals surface area contributed by atoms with Crippen LogP contribution in [0.1, 0.15) is 41.7 Å². The molecule has 3 N–H and O–H groups in total. The maximum absolute atomic E-state index is 12.3. The van der Waals surface area contributed by atoms with Crippen LogP contribution in [0.15, 0.2) is 42.7 Å². The minimum atomic E-state index is -0.653. The van der Waals surface area contributed by atoms with E-state index in [1.54, 1.807) is 21.9 Å². The maximum Gasteiger partial charge on any atom is 0.254 e. The minimum absolute atomic E-state index is 0.0267. The number of carbonyl (C=O) groups is 2. The molecule has 0 bridgehead atoms. The van der Waals surface area contributed by atoms with Gasteiger partial charge in [-0.25, -0.2) is 6.57 Å². The van der Waals surface area contributed by atoms with Crippen molar-refractivity contribution in [2.45, 2.75) is 37.8 Å². The van der Waals surface area contributed by atoms with Gasteiger partial charge in [-0.15, -0.1) is 0 Å². The molecule has 11 heteroatoms. The SMILES string of the molecule is [C-]#[N+]CC1(n2cc(C(N)=O)c(NC(=O)C3CC3)n2)CCN(Cc2cnn(-c3ccccc3)n2)CC1. The first-order chi connectivity index (χ1) is 17.0. The van der Waals surface area contributed by atoms with Crippen molar-refractivity contribution in [3.8, 4) is 5.69 Å². The summed E-state index contributed by atoms with van der Waals surface area (Å²) < 4.78 is 1.68. The van der Waals surface area contributed by atoms with E-state index in [1.165, 1.54) is 0 Å². The lowest BCUT2D eigenvalue weighted by molar-refractivity contribution is -0.117. The Morgan fingerprint density at radius 2 is 1.91 bits per heavy atom. The second-order valence-corrected chi connectivity index (χ2v) is 9.24. The molecule has 2 amide bonds. The third kappa shape index (κ3) is 4.79. The van der Waals surface area contributed by atoms with Crippen LogP contribution >= 0.6 is 0 Å². The lowest BCUT2D eigenvalue weighted by Gasteiger charge is -2.38. The second kappa shape index (κ2) is 9.31. The zero-order valence-electron chi connectivity index (χ0n) is 19.3. The number of nitrogens with one attached hydrogen (secondary N) is 1. The number of aromatic nitrogens is 5. The van der Waals surface area contributed by atoms with Gasteiger partial charge in [0.15, 0.2) is 5.82 Å². The Hall–Kier alpha value is -4.04. The molecule has 1 aliphatic carbocycles. The summed E-state index contributed by atoms with van der Waals surface area (Å²) >= 11 is 0. The van der Waals surface area contributed by atoms with Gasteiger partial charge in [0.2, 0.25) is 12.5 Å². The summed E-state index contributed by atoms with van der Waals surface area (Å²) in [4.78, 5) is 31.9. The van der Waals surface area contributed by atoms with Gasteiger partial charge >= 0.3 is 0 Å². The molecule has 1 aliphatic heterocycles. The Bertz CT molecular complexity index is 1260. The molecule has 0 radical (unpaired) electrons. The van der Waals surface area contributed by atoms with Crippen LogP contribution in [0.2, 0.25) is 0 Å². The first kappa shape index (κ1) is 22.7. The van der Waals surface area contributed by atoms with Crippen molar-refractivity contribution in [3.05, 3.63) is 65.4 Å². The number of hydrogen-bond acceptors (Lipinski definition) is 6. The van der Waals surface area contributed by atoms with E-state index in [1.807, 2.05) is 30.3 Å². The number of hydrogen-bond donors (Lipinski definition) is 2. The van der Waals surface area contributed by atoms with E-state index in [0.717, 1.165) is 37.3 Å². The van der Waals surface area contributed by atoms with Crippen LogP contribution in [0.25, 0.3) is 10.5 Å². The first-order valence-electron chi connectivity index (χ1n) is 11.7. The van der Waals surface area contributed by atoms with Crippen molar-refractivity contribution >= 4 is 17.6 Å². The molecule has 1 aromatic carbocycles. The normalized spacial score (nSPS) is 17.6. The molecular formula is C24H27N9O2. The summed E-state index contributed by atoms with van der Waals surface area (Å²) in [5, 5.41) is 16.3. The number of nitrogens with zero attached hydrogens (tertiary/aromatic N) is 7. The molecule has 1 saturated heterocycles. The van der Waals surface area contributed by atoms with Gasteiger partial charge in [-0.3, -0.25) is 19.2 Å². The number of likely N-dealkylation sites (tertiary alicyclic amines) is 1. The van der Waals surface area contributed by atoms with Gasteiger partial charge in [-0.2, -0.15) is 20.1 Å². The highest BCUT2D eigenvalue weighted by Gasteiger charge is 2.41. The standard InChI is InChI=1S/C24H27N9O2/c1-26-16-24(32-15-20(21(25)34)22(30-32)28-23(35)17-7-8-17)9-11-31(12-10-24)14-18-13-27-33(29-18)19-5-3-2-4-6-19/h2-6,13,15,17H,7-12,14,16H2,(H2,25,34)(H,28,30,35). The zero-order valence-corrected chi connectivity index (χ0v) is 19.3. The van der Waals surface area contributed by atoms with Crippen LogP contribution < -0.4 is 11.1 Å². The third-order valence-corrected chi connectivity index (χ3v) is 6.73. The van der Waals surface area contributed by atoms with E-state index in [4.69, 9.17) is 12.3 Å². The molecule has 0 spiro atoms. The van der Waals surface area contributed by atoms with Gasteiger partial charge in [0, 0.05) is 31.7 Å². The van der Waals surface area contributed by atoms with Crippen LogP contribution in [0.3, 0.4) is 0 Å². The number of benzene rings is 1. The molecule has 3 aromatic rings. The largest absolute Gasteiger partial charge is 0.365 e. The molecule has 35 heavy (non-hydrogen) atoms. The molecule has 2 aromatic heterocycles. The Morgan fingerprint density at radius 1 is 1.17 bits per heavy atom. The molecule has 11 nitrogen and oxygen atoms in total. The highest BCUT2D eigenvalue weighted by Crippen LogP contribution is 2.34. The average molecular weight is 474 g/mol. The number of anilines is 1. The number of para-hydroxylation sites is 1. The molecule has 3 heterocycles. The highest BCUT2D eigenvalue weighted by atomic mass is 16.2. The number of nitrogens with two attached hydrogens (primary N) is 1. The van der Waals surface area contributed by atoms with Crippen molar-refractivity contribution in [3.63, 3.8) is 0 Å². The lowest BCUT2D eigenvalue weighted by Crippen LogP contribution is -2.48. The Kier molecular flexibility index (Phi) is 6.05. The molecule has 180 valence electrons. The highest BCUT2D eigenvalue weighted by molar-refractivity contribution is 6.02. The fourth-order valence-corrected chi connectivity index (χ4v) is 4.47. The second-order valence-electron chi connectivity index (χ2n) is 9.24. The van der Waals surface area contributed by atoms with Crippen molar-refractivity contribution < 1.29 is 9.59 Å². The van der Waals surface area contributed by atoms with Crippen LogP contribution in [0.5, 0.6) is 0 Å². The quantitative estimate of drug-likeness (QED) is 0.480. The molecule has 0 unspecified atom stereocenters. The van der Waals surface area contributed by atoms with Gasteiger partial charge < -0.3 is 15.9 Å². The smallest absolute Gasteiger partial charge is 0.254 e. The fraction of sp³-hybridized carbons (Fsp3) is 0.417. The predicted molar refractivity (Wildman–Crippen MR) is 127 cm³/mol. The number of amides is 2. The summed E-state index contributed by atoms with van der Waals surface area (Å²) in [7, 11) is 0. The van der Waals surface area contributed by atoms with Gasteiger partial charge in [0.25, 0.3) is 5.91 Å². The van der Waals surface area contributed by atoms with Gasteiger partial charge in [0.1, 0.15) is 11.1 Å². The molecule has 1 saturated carbocycles. The fourth-order valence-electron chi connectivity index (χ4n) is 4.47. The predicted octanol–water partition coefficient (Wildman–Crippen LogP) is 1.82. The van der Waals surface area contributed by atoms with E-state index in [9.17, 15) is 9.59 Å². The summed E-state index contributed by atoms with van der Waals surface area (Å²) in [6.45, 7) is 9.86. The van der Waals surface area contributed by atoms with Crippen LogP contribution in [-0.2, 0) is 16.9 Å². The first-order valence-corrected chi connectivity index (χ1v) is 11.7. The van der Waals surface area contributed by atoms with Crippen molar-refractivity contribution in [2.75, 3.05) is 25.0 Å². The van der Waals surface area contributed by atoms with Crippen LogP contribution in [0.4, 0.5) is 5.82 Å². The van der Waals surface area contributed by atoms with Crippen LogP contribution in [0, 0.1) is 12.5 Å². The topological polar surface area (TPSA) is 128 Å². The summed E-state index contributed by atoms with van der Waals surface area (Å²) in [5.41, 5.74) is 6.93. The van der Waals surface area contributed by atoms with E-state index in [2.05, 4.69) is 30.4 Å². The van der Waals surface area contributed by atoms with Gasteiger partial charge in [-0.05, 0) is 37.8 Å². The monoisotopic (exact) mass is 473 g/mol. The van der Waals surface area contributed by atoms with E-state index in [-0.39, 0.29) is 29.8 Å². The third-order valence-electron chi connectivity index (χ3n) is 6.73. The number of rotatable bonds is 8. The average Bonchev–Trinajstić information content (AvgIpc) is 3.47. The van der Waals surface area contributed by atoms with Crippen molar-refractivity contribution in [1.29, 1.82) is 0 Å². The number of primary amides is 1. The summed E-state index contributed by atoms with van der Waals surface area (Å²) in [5.74, 6) is -0.644. The van der Waals surface area contributed by atoms with Crippen molar-refractivity contribution in [1.82, 2.24) is 29.7 Å². The Labute approximate surface area is 202 Å². The molecule has 0 atom stereocenters. The number of piperidine rings is 1. The maximum atomic E-state index is 12.3. The molecular weight excluding hydrogens is 446 g/mol. The van der Waals surface area contributed by atoms with E-state index in [0.29, 0.717) is 19.4 Å². The zero-order chi connectivity index (χ0) is 24.4. The molecule has 2 fully saturated rings. The number of carbonyl (C=O) groups excluding carboxylic acids is 2. The van der Waals surface area contributed by atoms with Gasteiger partial charge in [-0.1, -0.05) is 18.2 Å². The van der Waals surface area contributed by atoms with Crippen LogP contribution in [-0.4, -0.2) is 61.1 Å². The Morgan fingerprint density at radius 3 is 2.57 bits per heavy atom. The molecule has 2 aliphatic rings. The summed E-state index contributed by atoms with van der Waals surface area (Å²) in [6.07, 6.45) is 6.37. The molecule has 5 rings (SSSR count). The van der Waals surface area contributed by atoms with E-state index >= 15 is 0 Å². The van der Waals surface area contributed by atoms with E-state index < -0.39 is 11.4 Å². The lowest BCUT2D eigenvalue weighted by atomic mass is 9.87. The minimum Gasteiger partial charge on any atom is -0.365 e. The Balaban J connectivity index is 1.29. The van der Waals surface area contributed by atoms with Gasteiger partial charge in [0.05, 0.1) is 17.6 Å².